The zero-order chi connectivity index (χ0) is 19.5. The number of methoxy groups -OCH3 is 2. The van der Waals surface area contributed by atoms with Crippen LogP contribution in [0.15, 0.2) is 54.7 Å². The average molecular weight is 377 g/mol. The van der Waals surface area contributed by atoms with Gasteiger partial charge in [0.1, 0.15) is 11.6 Å². The molecule has 4 rings (SSSR count). The summed E-state index contributed by atoms with van der Waals surface area (Å²) in [6.45, 7) is 3.53. The molecule has 0 unspecified atom stereocenters. The molecule has 28 heavy (non-hydrogen) atoms. The van der Waals surface area contributed by atoms with E-state index in [4.69, 9.17) is 9.47 Å². The molecule has 3 aromatic rings. The van der Waals surface area contributed by atoms with E-state index < -0.39 is 0 Å². The quantitative estimate of drug-likeness (QED) is 0.650. The highest BCUT2D eigenvalue weighted by molar-refractivity contribution is 6.07. The SMILES string of the molecule is COC(=O)c1cnc(N2CCN(c3ccc(OC)cc3)CC2)c2ccccc12. The van der Waals surface area contributed by atoms with E-state index in [0.29, 0.717) is 5.56 Å². The van der Waals surface area contributed by atoms with E-state index in [9.17, 15) is 4.79 Å². The van der Waals surface area contributed by atoms with Crippen molar-refractivity contribution in [2.75, 3.05) is 50.2 Å². The van der Waals surface area contributed by atoms with Crippen LogP contribution in [0.4, 0.5) is 11.5 Å². The van der Waals surface area contributed by atoms with Gasteiger partial charge in [0.15, 0.2) is 0 Å². The Bertz CT molecular complexity index is 980. The van der Waals surface area contributed by atoms with Gasteiger partial charge < -0.3 is 19.3 Å². The van der Waals surface area contributed by atoms with Crippen molar-refractivity contribution in [3.63, 3.8) is 0 Å². The van der Waals surface area contributed by atoms with Crippen molar-refractivity contribution >= 4 is 28.2 Å². The largest absolute Gasteiger partial charge is 0.497 e. The molecule has 144 valence electrons. The Labute approximate surface area is 164 Å². The van der Waals surface area contributed by atoms with Crippen LogP contribution < -0.4 is 14.5 Å². The molecule has 1 saturated heterocycles. The lowest BCUT2D eigenvalue weighted by Gasteiger charge is -2.37. The highest BCUT2D eigenvalue weighted by Gasteiger charge is 2.22. The van der Waals surface area contributed by atoms with Crippen LogP contribution in [0.25, 0.3) is 10.8 Å². The standard InChI is InChI=1S/C22H23N3O3/c1-27-17-9-7-16(8-10-17)24-11-13-25(14-12-24)21-19-6-4-3-5-18(19)20(15-23-21)22(26)28-2/h3-10,15H,11-14H2,1-2H3. The van der Waals surface area contributed by atoms with Crippen LogP contribution >= 0.6 is 0 Å². The van der Waals surface area contributed by atoms with Crippen molar-refractivity contribution in [1.29, 1.82) is 0 Å². The Hall–Kier alpha value is -3.28. The Morgan fingerprint density at radius 1 is 0.893 bits per heavy atom. The van der Waals surface area contributed by atoms with E-state index in [1.165, 1.54) is 12.8 Å². The fourth-order valence-corrected chi connectivity index (χ4v) is 3.67. The zero-order valence-electron chi connectivity index (χ0n) is 16.1. The van der Waals surface area contributed by atoms with Crippen molar-refractivity contribution in [2.24, 2.45) is 0 Å². The maximum Gasteiger partial charge on any atom is 0.340 e. The second-order valence-electron chi connectivity index (χ2n) is 6.70. The third-order valence-corrected chi connectivity index (χ3v) is 5.20. The first-order chi connectivity index (χ1) is 13.7. The van der Waals surface area contributed by atoms with E-state index >= 15 is 0 Å². The minimum atomic E-state index is -0.362. The molecule has 0 N–H and O–H groups in total. The number of pyridine rings is 1. The average Bonchev–Trinajstić information content (AvgIpc) is 2.78. The maximum absolute atomic E-state index is 12.1. The van der Waals surface area contributed by atoms with Crippen LogP contribution in [0.1, 0.15) is 10.4 Å². The van der Waals surface area contributed by atoms with Crippen molar-refractivity contribution in [2.45, 2.75) is 0 Å². The number of rotatable bonds is 4. The van der Waals surface area contributed by atoms with Gasteiger partial charge in [-0.15, -0.1) is 0 Å². The maximum atomic E-state index is 12.1. The number of esters is 1. The second-order valence-corrected chi connectivity index (χ2v) is 6.70. The molecule has 1 aromatic heterocycles. The van der Waals surface area contributed by atoms with Crippen LogP contribution in [0, 0.1) is 0 Å². The number of nitrogens with zero attached hydrogens (tertiary/aromatic N) is 3. The lowest BCUT2D eigenvalue weighted by Crippen LogP contribution is -2.46. The molecule has 0 aliphatic carbocycles. The van der Waals surface area contributed by atoms with Gasteiger partial charge in [-0.25, -0.2) is 9.78 Å². The number of carbonyl (C=O) groups excluding carboxylic acids is 1. The predicted octanol–water partition coefficient (Wildman–Crippen LogP) is 3.36. The molecule has 0 saturated carbocycles. The molecule has 0 spiro atoms. The van der Waals surface area contributed by atoms with E-state index in [2.05, 4.69) is 26.9 Å². The Morgan fingerprint density at radius 2 is 1.54 bits per heavy atom. The van der Waals surface area contributed by atoms with Crippen LogP contribution in [0.2, 0.25) is 0 Å². The van der Waals surface area contributed by atoms with Gasteiger partial charge in [0.2, 0.25) is 0 Å². The van der Waals surface area contributed by atoms with E-state index in [1.54, 1.807) is 13.3 Å². The van der Waals surface area contributed by atoms with E-state index in [1.807, 2.05) is 36.4 Å². The first kappa shape index (κ1) is 18.1. The Morgan fingerprint density at radius 3 is 2.18 bits per heavy atom. The number of benzene rings is 2. The molecule has 6 nitrogen and oxygen atoms in total. The molecule has 1 aliphatic rings. The minimum Gasteiger partial charge on any atom is -0.497 e. The summed E-state index contributed by atoms with van der Waals surface area (Å²) in [6, 6.07) is 16.0. The van der Waals surface area contributed by atoms with Crippen LogP contribution in [0.5, 0.6) is 5.75 Å². The van der Waals surface area contributed by atoms with Crippen molar-refractivity contribution in [3.8, 4) is 5.75 Å². The first-order valence-corrected chi connectivity index (χ1v) is 9.31. The molecular weight excluding hydrogens is 354 g/mol. The lowest BCUT2D eigenvalue weighted by atomic mass is 10.1. The first-order valence-electron chi connectivity index (χ1n) is 9.31. The summed E-state index contributed by atoms with van der Waals surface area (Å²) >= 11 is 0. The number of ether oxygens (including phenoxy) is 2. The smallest absolute Gasteiger partial charge is 0.340 e. The van der Waals surface area contributed by atoms with Gasteiger partial charge in [0.25, 0.3) is 0 Å². The summed E-state index contributed by atoms with van der Waals surface area (Å²) in [5.74, 6) is 1.42. The van der Waals surface area contributed by atoms with Gasteiger partial charge in [0, 0.05) is 48.8 Å². The van der Waals surface area contributed by atoms with Crippen LogP contribution in [-0.4, -0.2) is 51.4 Å². The van der Waals surface area contributed by atoms with E-state index in [-0.39, 0.29) is 5.97 Å². The summed E-state index contributed by atoms with van der Waals surface area (Å²) in [6.07, 6.45) is 1.62. The predicted molar refractivity (Wildman–Crippen MR) is 111 cm³/mol. The summed E-state index contributed by atoms with van der Waals surface area (Å²) in [5.41, 5.74) is 1.69. The van der Waals surface area contributed by atoms with Crippen molar-refractivity contribution < 1.29 is 14.3 Å². The van der Waals surface area contributed by atoms with Crippen molar-refractivity contribution in [3.05, 3.63) is 60.3 Å². The van der Waals surface area contributed by atoms with E-state index in [0.717, 1.165) is 48.5 Å². The fraction of sp³-hybridized carbons (Fsp3) is 0.273. The van der Waals surface area contributed by atoms with Crippen LogP contribution in [-0.2, 0) is 4.74 Å². The molecule has 1 fully saturated rings. The Balaban J connectivity index is 1.56. The van der Waals surface area contributed by atoms with Gasteiger partial charge in [-0.2, -0.15) is 0 Å². The van der Waals surface area contributed by atoms with Gasteiger partial charge in [-0.1, -0.05) is 24.3 Å². The topological polar surface area (TPSA) is 54.9 Å². The number of anilines is 2. The minimum absolute atomic E-state index is 0.362. The second kappa shape index (κ2) is 7.76. The van der Waals surface area contributed by atoms with Gasteiger partial charge in [-0.3, -0.25) is 0 Å². The Kier molecular flexibility index (Phi) is 5.02. The number of aromatic nitrogens is 1. The number of carbonyl (C=O) groups is 1. The summed E-state index contributed by atoms with van der Waals surface area (Å²) in [5, 5.41) is 1.85. The molecule has 0 amide bonds. The summed E-state index contributed by atoms with van der Waals surface area (Å²) in [4.78, 5) is 21.3. The summed E-state index contributed by atoms with van der Waals surface area (Å²) in [7, 11) is 3.07. The number of hydrogen-bond acceptors (Lipinski definition) is 6. The molecule has 2 heterocycles. The number of hydrogen-bond donors (Lipinski definition) is 0. The monoisotopic (exact) mass is 377 g/mol. The number of piperazine rings is 1. The summed E-state index contributed by atoms with van der Waals surface area (Å²) < 4.78 is 10.1. The molecule has 0 bridgehead atoms. The van der Waals surface area contributed by atoms with Gasteiger partial charge >= 0.3 is 5.97 Å². The van der Waals surface area contributed by atoms with Gasteiger partial charge in [-0.05, 0) is 24.3 Å². The fourth-order valence-electron chi connectivity index (χ4n) is 3.67. The third-order valence-electron chi connectivity index (χ3n) is 5.20. The molecule has 0 atom stereocenters. The normalized spacial score (nSPS) is 14.2. The third kappa shape index (κ3) is 3.33. The zero-order valence-corrected chi connectivity index (χ0v) is 16.1. The highest BCUT2D eigenvalue weighted by atomic mass is 16.5. The molecular formula is C22H23N3O3. The van der Waals surface area contributed by atoms with Crippen LogP contribution in [0.3, 0.4) is 0 Å². The highest BCUT2D eigenvalue weighted by Crippen LogP contribution is 2.29. The molecule has 2 aromatic carbocycles. The van der Waals surface area contributed by atoms with Crippen molar-refractivity contribution in [1.82, 2.24) is 4.98 Å². The molecule has 0 radical (unpaired) electrons. The molecule has 1 aliphatic heterocycles. The number of fused-ring (bicyclic) bond motifs is 1. The van der Waals surface area contributed by atoms with Gasteiger partial charge in [0.05, 0.1) is 19.8 Å². The molecule has 6 heteroatoms. The lowest BCUT2D eigenvalue weighted by molar-refractivity contribution is 0.0602.